The van der Waals surface area contributed by atoms with E-state index < -0.39 is 0 Å². The molecule has 2 aromatic carbocycles. The van der Waals surface area contributed by atoms with Gasteiger partial charge in [-0.15, -0.1) is 0 Å². The minimum atomic E-state index is -0.0476. The van der Waals surface area contributed by atoms with E-state index in [4.69, 9.17) is 4.74 Å². The number of piperazine rings is 1. The molecule has 2 unspecified atom stereocenters. The molecule has 3 heterocycles. The summed E-state index contributed by atoms with van der Waals surface area (Å²) in [5.41, 5.74) is 3.10. The van der Waals surface area contributed by atoms with Crippen molar-refractivity contribution in [2.45, 2.75) is 25.0 Å². The van der Waals surface area contributed by atoms with E-state index in [1.807, 2.05) is 47.8 Å². The molecule has 0 saturated carbocycles. The van der Waals surface area contributed by atoms with Gasteiger partial charge in [0.1, 0.15) is 5.75 Å². The van der Waals surface area contributed by atoms with E-state index in [9.17, 15) is 4.79 Å². The van der Waals surface area contributed by atoms with Gasteiger partial charge in [0, 0.05) is 32.0 Å². The molecule has 2 fully saturated rings. The number of ether oxygens (including phenoxy) is 1. The Hall–Kier alpha value is -3.12. The van der Waals surface area contributed by atoms with Crippen LogP contribution in [0, 0.1) is 0 Å². The zero-order valence-electron chi connectivity index (χ0n) is 16.4. The van der Waals surface area contributed by atoms with E-state index in [-0.39, 0.29) is 18.0 Å². The van der Waals surface area contributed by atoms with Gasteiger partial charge in [-0.05, 0) is 29.7 Å². The molecule has 5 rings (SSSR count). The van der Waals surface area contributed by atoms with Crippen molar-refractivity contribution in [1.82, 2.24) is 14.5 Å². The van der Waals surface area contributed by atoms with Gasteiger partial charge in [-0.3, -0.25) is 9.69 Å². The molecule has 148 valence electrons. The van der Waals surface area contributed by atoms with Crippen LogP contribution in [0.25, 0.3) is 11.1 Å². The minimum Gasteiger partial charge on any atom is -0.495 e. The predicted octanol–water partition coefficient (Wildman–Crippen LogP) is 3.05. The third-order valence-corrected chi connectivity index (χ3v) is 6.02. The van der Waals surface area contributed by atoms with Crippen molar-refractivity contribution in [1.29, 1.82) is 0 Å². The summed E-state index contributed by atoms with van der Waals surface area (Å²) < 4.78 is 7.67. The number of hydrogen-bond donors (Lipinski definition) is 0. The molecular formula is C23H24N4O2. The Morgan fingerprint density at radius 2 is 1.97 bits per heavy atom. The third-order valence-electron chi connectivity index (χ3n) is 6.02. The van der Waals surface area contributed by atoms with E-state index in [1.54, 1.807) is 13.3 Å². The van der Waals surface area contributed by atoms with Gasteiger partial charge in [0.2, 0.25) is 5.91 Å². The fourth-order valence-electron chi connectivity index (χ4n) is 4.58. The van der Waals surface area contributed by atoms with Gasteiger partial charge >= 0.3 is 0 Å². The number of anilines is 1. The van der Waals surface area contributed by atoms with Crippen LogP contribution >= 0.6 is 0 Å². The van der Waals surface area contributed by atoms with Crippen LogP contribution in [0.1, 0.15) is 6.42 Å². The Bertz CT molecular complexity index is 1000. The van der Waals surface area contributed by atoms with E-state index in [0.29, 0.717) is 0 Å². The van der Waals surface area contributed by atoms with Gasteiger partial charge < -0.3 is 14.2 Å². The van der Waals surface area contributed by atoms with Crippen LogP contribution in [-0.2, 0) is 11.3 Å². The van der Waals surface area contributed by atoms with Gasteiger partial charge in [-0.2, -0.15) is 0 Å². The molecule has 2 aliphatic heterocycles. The molecule has 1 aromatic heterocycles. The van der Waals surface area contributed by atoms with Crippen molar-refractivity contribution in [3.8, 4) is 16.9 Å². The second-order valence-corrected chi connectivity index (χ2v) is 7.66. The Morgan fingerprint density at radius 1 is 1.10 bits per heavy atom. The van der Waals surface area contributed by atoms with Crippen molar-refractivity contribution < 1.29 is 9.53 Å². The highest BCUT2D eigenvalue weighted by Gasteiger charge is 2.50. The second-order valence-electron chi connectivity index (χ2n) is 7.66. The number of carbonyl (C=O) groups excluding carboxylic acids is 1. The van der Waals surface area contributed by atoms with Crippen LogP contribution in [0.5, 0.6) is 5.75 Å². The van der Waals surface area contributed by atoms with Crippen LogP contribution in [-0.4, -0.2) is 52.6 Å². The first-order valence-electron chi connectivity index (χ1n) is 10.0. The second kappa shape index (κ2) is 7.37. The summed E-state index contributed by atoms with van der Waals surface area (Å²) in [4.78, 5) is 21.6. The standard InChI is InChI=1S/C23H24N4O2/c1-29-22-8-7-18(17-5-3-2-4-6-17)13-20(22)27-19-14-21(23(27)28)26(15-19)12-11-25-10-9-24-16-25/h2-10,13,16,19,21H,11-12,14-15H2,1H3. The SMILES string of the molecule is COc1ccc(-c2ccccc2)cc1N1C(=O)C2CC1CN2CCn1ccnc1. The van der Waals surface area contributed by atoms with E-state index in [0.717, 1.165) is 48.6 Å². The molecule has 29 heavy (non-hydrogen) atoms. The molecule has 2 atom stereocenters. The van der Waals surface area contributed by atoms with Crippen LogP contribution in [0.4, 0.5) is 5.69 Å². The Labute approximate surface area is 170 Å². The minimum absolute atomic E-state index is 0.0476. The van der Waals surface area contributed by atoms with Crippen molar-refractivity contribution in [3.05, 3.63) is 67.3 Å². The molecule has 0 aliphatic carbocycles. The number of methoxy groups -OCH3 is 1. The Kier molecular flexibility index (Phi) is 4.56. The molecule has 1 amide bonds. The van der Waals surface area contributed by atoms with Crippen LogP contribution < -0.4 is 9.64 Å². The molecule has 0 spiro atoms. The monoisotopic (exact) mass is 388 g/mol. The molecular weight excluding hydrogens is 364 g/mol. The maximum absolute atomic E-state index is 13.3. The number of hydrogen-bond acceptors (Lipinski definition) is 4. The summed E-state index contributed by atoms with van der Waals surface area (Å²) in [6, 6.07) is 16.5. The van der Waals surface area contributed by atoms with E-state index >= 15 is 0 Å². The molecule has 2 bridgehead atoms. The van der Waals surface area contributed by atoms with Gasteiger partial charge in [0.05, 0.1) is 31.2 Å². The Morgan fingerprint density at radius 3 is 2.69 bits per heavy atom. The number of likely N-dealkylation sites (tertiary alicyclic amines) is 1. The summed E-state index contributed by atoms with van der Waals surface area (Å²) >= 11 is 0. The average molecular weight is 388 g/mol. The number of fused-ring (bicyclic) bond motifs is 2. The van der Waals surface area contributed by atoms with Gasteiger partial charge in [0.15, 0.2) is 0 Å². The highest BCUT2D eigenvalue weighted by atomic mass is 16.5. The first-order valence-corrected chi connectivity index (χ1v) is 10.0. The zero-order chi connectivity index (χ0) is 19.8. The Balaban J connectivity index is 1.39. The zero-order valence-corrected chi connectivity index (χ0v) is 16.4. The lowest BCUT2D eigenvalue weighted by molar-refractivity contribution is -0.122. The number of amides is 1. The van der Waals surface area contributed by atoms with E-state index in [1.165, 1.54) is 0 Å². The largest absolute Gasteiger partial charge is 0.495 e. The van der Waals surface area contributed by atoms with Gasteiger partial charge in [-0.25, -0.2) is 4.98 Å². The predicted molar refractivity (Wildman–Crippen MR) is 112 cm³/mol. The first kappa shape index (κ1) is 17.9. The fraction of sp³-hybridized carbons (Fsp3) is 0.304. The highest BCUT2D eigenvalue weighted by molar-refractivity contribution is 6.03. The summed E-state index contributed by atoms with van der Waals surface area (Å²) in [6.45, 7) is 2.60. The third kappa shape index (κ3) is 3.19. The number of benzene rings is 2. The maximum Gasteiger partial charge on any atom is 0.244 e. The average Bonchev–Trinajstić information content (AvgIpc) is 3.49. The number of nitrogens with zero attached hydrogens (tertiary/aromatic N) is 4. The van der Waals surface area contributed by atoms with Crippen LogP contribution in [0.15, 0.2) is 67.3 Å². The summed E-state index contributed by atoms with van der Waals surface area (Å²) in [5, 5.41) is 0. The number of aromatic nitrogens is 2. The van der Waals surface area contributed by atoms with E-state index in [2.05, 4.69) is 32.7 Å². The van der Waals surface area contributed by atoms with Gasteiger partial charge in [-0.1, -0.05) is 36.4 Å². The summed E-state index contributed by atoms with van der Waals surface area (Å²) in [6.07, 6.45) is 6.45. The van der Waals surface area contributed by atoms with Crippen LogP contribution in [0.3, 0.4) is 0 Å². The van der Waals surface area contributed by atoms with Crippen LogP contribution in [0.2, 0.25) is 0 Å². The van der Waals surface area contributed by atoms with Crippen molar-refractivity contribution in [2.75, 3.05) is 25.1 Å². The quantitative estimate of drug-likeness (QED) is 0.651. The lowest BCUT2D eigenvalue weighted by atomic mass is 10.0. The van der Waals surface area contributed by atoms with Crippen molar-refractivity contribution >= 4 is 11.6 Å². The molecule has 0 N–H and O–H groups in total. The van der Waals surface area contributed by atoms with Crippen molar-refractivity contribution in [2.24, 2.45) is 0 Å². The fourth-order valence-corrected chi connectivity index (χ4v) is 4.58. The molecule has 2 aliphatic rings. The summed E-state index contributed by atoms with van der Waals surface area (Å²) in [7, 11) is 1.66. The summed E-state index contributed by atoms with van der Waals surface area (Å²) in [5.74, 6) is 0.922. The number of carbonyl (C=O) groups is 1. The molecule has 6 heteroatoms. The first-order chi connectivity index (χ1) is 14.2. The molecule has 0 radical (unpaired) electrons. The normalized spacial score (nSPS) is 21.1. The number of rotatable bonds is 6. The maximum atomic E-state index is 13.3. The van der Waals surface area contributed by atoms with Gasteiger partial charge in [0.25, 0.3) is 0 Å². The smallest absolute Gasteiger partial charge is 0.244 e. The molecule has 6 nitrogen and oxygen atoms in total. The van der Waals surface area contributed by atoms with Crippen molar-refractivity contribution in [3.63, 3.8) is 0 Å². The lowest BCUT2D eigenvalue weighted by Gasteiger charge is -2.34. The topological polar surface area (TPSA) is 50.6 Å². The molecule has 2 saturated heterocycles. The lowest BCUT2D eigenvalue weighted by Crippen LogP contribution is -2.51. The highest BCUT2D eigenvalue weighted by Crippen LogP contribution is 2.41. The molecule has 3 aromatic rings. The number of imidazole rings is 1.